The first-order chi connectivity index (χ1) is 6.10. The zero-order valence-corrected chi connectivity index (χ0v) is 9.34. The summed E-state index contributed by atoms with van der Waals surface area (Å²) >= 11 is 0. The van der Waals surface area contributed by atoms with Crippen LogP contribution in [0.25, 0.3) is 0 Å². The lowest BCUT2D eigenvalue weighted by atomic mass is 10.00. The van der Waals surface area contributed by atoms with Gasteiger partial charge in [-0.3, -0.25) is 11.3 Å². The predicted octanol–water partition coefficient (Wildman–Crippen LogP) is 1.68. The molecule has 3 nitrogen and oxygen atoms in total. The smallest absolute Gasteiger partial charge is 0.0558 e. The van der Waals surface area contributed by atoms with Crippen LogP contribution in [-0.2, 0) is 4.74 Å². The van der Waals surface area contributed by atoms with Crippen molar-refractivity contribution in [1.29, 1.82) is 0 Å². The molecule has 0 fully saturated rings. The van der Waals surface area contributed by atoms with Crippen LogP contribution in [0.4, 0.5) is 0 Å². The van der Waals surface area contributed by atoms with Gasteiger partial charge in [-0.05, 0) is 32.1 Å². The van der Waals surface area contributed by atoms with Gasteiger partial charge in [0.1, 0.15) is 0 Å². The first kappa shape index (κ1) is 12.9. The number of hydrogen-bond donors (Lipinski definition) is 2. The quantitative estimate of drug-likeness (QED) is 0.472. The van der Waals surface area contributed by atoms with E-state index in [4.69, 9.17) is 10.6 Å². The zero-order valence-electron chi connectivity index (χ0n) is 9.34. The van der Waals surface area contributed by atoms with Crippen molar-refractivity contribution in [3.63, 3.8) is 0 Å². The van der Waals surface area contributed by atoms with Gasteiger partial charge in [-0.1, -0.05) is 13.8 Å². The summed E-state index contributed by atoms with van der Waals surface area (Å²) in [5, 5.41) is 0. The predicted molar refractivity (Wildman–Crippen MR) is 56.3 cm³/mol. The molecule has 0 rings (SSSR count). The van der Waals surface area contributed by atoms with Gasteiger partial charge in [0, 0.05) is 13.2 Å². The second-order valence-corrected chi connectivity index (χ2v) is 4.12. The van der Waals surface area contributed by atoms with E-state index in [1.54, 1.807) is 7.11 Å². The highest BCUT2D eigenvalue weighted by atomic mass is 16.5. The molecule has 0 bridgehead atoms. The third-order valence-electron chi connectivity index (χ3n) is 2.35. The van der Waals surface area contributed by atoms with E-state index < -0.39 is 0 Å². The molecule has 3 heteroatoms. The van der Waals surface area contributed by atoms with Gasteiger partial charge in [0.15, 0.2) is 0 Å². The summed E-state index contributed by atoms with van der Waals surface area (Å²) in [5.74, 6) is 6.20. The molecule has 0 aliphatic rings. The molecule has 2 unspecified atom stereocenters. The van der Waals surface area contributed by atoms with Crippen molar-refractivity contribution in [2.75, 3.05) is 7.11 Å². The maximum absolute atomic E-state index is 5.46. The third-order valence-corrected chi connectivity index (χ3v) is 2.35. The number of hydrogen-bond acceptors (Lipinski definition) is 3. The number of methoxy groups -OCH3 is 1. The van der Waals surface area contributed by atoms with Crippen LogP contribution < -0.4 is 11.3 Å². The van der Waals surface area contributed by atoms with Gasteiger partial charge in [-0.2, -0.15) is 0 Å². The molecule has 0 saturated heterocycles. The Morgan fingerprint density at radius 3 is 2.23 bits per heavy atom. The van der Waals surface area contributed by atoms with Crippen molar-refractivity contribution in [1.82, 2.24) is 5.43 Å². The van der Waals surface area contributed by atoms with E-state index in [2.05, 4.69) is 26.2 Å². The molecule has 0 saturated carbocycles. The van der Waals surface area contributed by atoms with Crippen molar-refractivity contribution in [3.8, 4) is 0 Å². The normalized spacial score (nSPS) is 16.2. The lowest BCUT2D eigenvalue weighted by Crippen LogP contribution is -2.37. The molecule has 0 heterocycles. The fraction of sp³-hybridized carbons (Fsp3) is 1.00. The molecule has 3 N–H and O–H groups in total. The summed E-state index contributed by atoms with van der Waals surface area (Å²) in [6, 6.07) is 0.386. The number of nitrogens with one attached hydrogen (secondary N) is 1. The highest BCUT2D eigenvalue weighted by Crippen LogP contribution is 2.11. The Bertz CT molecular complexity index is 117. The summed E-state index contributed by atoms with van der Waals surface area (Å²) in [6.07, 6.45) is 3.61. The molecular formula is C10H24N2O. The minimum atomic E-state index is 0.285. The van der Waals surface area contributed by atoms with Gasteiger partial charge in [-0.25, -0.2) is 0 Å². The highest BCUT2D eigenvalue weighted by Gasteiger charge is 2.11. The average Bonchev–Trinajstić information content (AvgIpc) is 2.11. The van der Waals surface area contributed by atoms with Crippen LogP contribution in [0.3, 0.4) is 0 Å². The van der Waals surface area contributed by atoms with E-state index >= 15 is 0 Å². The second kappa shape index (κ2) is 7.30. The van der Waals surface area contributed by atoms with Gasteiger partial charge >= 0.3 is 0 Å². The molecular weight excluding hydrogens is 164 g/mol. The Balaban J connectivity index is 3.62. The average molecular weight is 188 g/mol. The minimum absolute atomic E-state index is 0.285. The molecule has 0 aliphatic heterocycles. The van der Waals surface area contributed by atoms with Gasteiger partial charge < -0.3 is 4.74 Å². The first-order valence-corrected chi connectivity index (χ1v) is 5.09. The number of ether oxygens (including phenoxy) is 1. The summed E-state index contributed by atoms with van der Waals surface area (Å²) < 4.78 is 5.19. The summed E-state index contributed by atoms with van der Waals surface area (Å²) in [6.45, 7) is 6.53. The van der Waals surface area contributed by atoms with Crippen LogP contribution in [-0.4, -0.2) is 19.3 Å². The van der Waals surface area contributed by atoms with Crippen molar-refractivity contribution in [3.05, 3.63) is 0 Å². The van der Waals surface area contributed by atoms with Crippen molar-refractivity contribution in [2.24, 2.45) is 11.8 Å². The van der Waals surface area contributed by atoms with E-state index in [9.17, 15) is 0 Å². The second-order valence-electron chi connectivity index (χ2n) is 4.12. The first-order valence-electron chi connectivity index (χ1n) is 5.09. The molecule has 0 aromatic carbocycles. The van der Waals surface area contributed by atoms with E-state index in [-0.39, 0.29) is 6.10 Å². The number of nitrogens with two attached hydrogens (primary N) is 1. The van der Waals surface area contributed by atoms with E-state index in [1.807, 2.05) is 0 Å². The molecule has 0 amide bonds. The van der Waals surface area contributed by atoms with E-state index in [0.717, 1.165) is 18.8 Å². The fourth-order valence-electron chi connectivity index (χ4n) is 1.30. The van der Waals surface area contributed by atoms with Crippen molar-refractivity contribution < 1.29 is 4.74 Å². The summed E-state index contributed by atoms with van der Waals surface area (Å²) in [7, 11) is 1.74. The molecule has 0 radical (unpaired) electrons. The SMILES string of the molecule is COC(C)CC(CCC(C)C)NN. The van der Waals surface area contributed by atoms with Gasteiger partial charge in [0.05, 0.1) is 6.10 Å². The molecule has 0 spiro atoms. The van der Waals surface area contributed by atoms with Crippen LogP contribution >= 0.6 is 0 Å². The van der Waals surface area contributed by atoms with Gasteiger partial charge in [0.25, 0.3) is 0 Å². The molecule has 0 aliphatic carbocycles. The Morgan fingerprint density at radius 2 is 1.85 bits per heavy atom. The topological polar surface area (TPSA) is 47.3 Å². The van der Waals surface area contributed by atoms with Crippen LogP contribution in [0.2, 0.25) is 0 Å². The van der Waals surface area contributed by atoms with Crippen LogP contribution in [0, 0.1) is 5.92 Å². The molecule has 2 atom stereocenters. The minimum Gasteiger partial charge on any atom is -0.382 e. The molecule has 0 aromatic heterocycles. The fourth-order valence-corrected chi connectivity index (χ4v) is 1.30. The number of rotatable bonds is 7. The van der Waals surface area contributed by atoms with Crippen molar-refractivity contribution >= 4 is 0 Å². The number of hydrazine groups is 1. The zero-order chi connectivity index (χ0) is 10.3. The molecule has 0 aromatic rings. The van der Waals surface area contributed by atoms with Crippen LogP contribution in [0.1, 0.15) is 40.0 Å². The standard InChI is InChI=1S/C10H24N2O/c1-8(2)5-6-10(12-11)7-9(3)13-4/h8-10,12H,5-7,11H2,1-4H3. The third kappa shape index (κ3) is 6.99. The Kier molecular flexibility index (Phi) is 7.23. The monoisotopic (exact) mass is 188 g/mol. The summed E-state index contributed by atoms with van der Waals surface area (Å²) in [5.41, 5.74) is 2.84. The van der Waals surface area contributed by atoms with Gasteiger partial charge in [-0.15, -0.1) is 0 Å². The lowest BCUT2D eigenvalue weighted by molar-refractivity contribution is 0.0985. The maximum atomic E-state index is 5.46. The van der Waals surface area contributed by atoms with Gasteiger partial charge in [0.2, 0.25) is 0 Å². The van der Waals surface area contributed by atoms with Crippen molar-refractivity contribution in [2.45, 2.75) is 52.2 Å². The maximum Gasteiger partial charge on any atom is 0.0558 e. The Labute approximate surface area is 82.0 Å². The Hall–Kier alpha value is -0.120. The van der Waals surface area contributed by atoms with E-state index in [0.29, 0.717) is 6.04 Å². The molecule has 80 valence electrons. The van der Waals surface area contributed by atoms with E-state index in [1.165, 1.54) is 6.42 Å². The molecule has 13 heavy (non-hydrogen) atoms. The lowest BCUT2D eigenvalue weighted by Gasteiger charge is -2.20. The summed E-state index contributed by atoms with van der Waals surface area (Å²) in [4.78, 5) is 0. The highest BCUT2D eigenvalue weighted by molar-refractivity contribution is 4.68. The largest absolute Gasteiger partial charge is 0.382 e. The Morgan fingerprint density at radius 1 is 1.23 bits per heavy atom. The van der Waals surface area contributed by atoms with Crippen LogP contribution in [0.5, 0.6) is 0 Å². The van der Waals surface area contributed by atoms with Crippen LogP contribution in [0.15, 0.2) is 0 Å².